The Morgan fingerprint density at radius 3 is 2.71 bits per heavy atom. The lowest BCUT2D eigenvalue weighted by Gasteiger charge is -2.33. The van der Waals surface area contributed by atoms with Crippen LogP contribution in [-0.4, -0.2) is 29.1 Å². The molecule has 1 saturated carbocycles. The van der Waals surface area contributed by atoms with Gasteiger partial charge in [-0.3, -0.25) is 0 Å². The molecular weight excluding hydrogens is 254 g/mol. The van der Waals surface area contributed by atoms with Gasteiger partial charge in [0.2, 0.25) is 0 Å². The molecule has 1 aliphatic carbocycles. The molecule has 0 radical (unpaired) electrons. The maximum Gasteiger partial charge on any atom is 0.0762 e. The minimum Gasteiger partial charge on any atom is -0.377 e. The zero-order valence-corrected chi connectivity index (χ0v) is 12.4. The van der Waals surface area contributed by atoms with Crippen LogP contribution in [0.15, 0.2) is 11.6 Å². The van der Waals surface area contributed by atoms with Crippen molar-refractivity contribution in [3.8, 4) is 0 Å². The number of rotatable bonds is 4. The molecule has 98 valence electrons. The second-order valence-corrected chi connectivity index (χ2v) is 6.05. The Labute approximate surface area is 115 Å². The normalized spacial score (nSPS) is 28.6. The van der Waals surface area contributed by atoms with E-state index in [2.05, 4.69) is 25.2 Å². The van der Waals surface area contributed by atoms with E-state index in [4.69, 9.17) is 28.6 Å². The Bertz CT molecular complexity index is 289. The van der Waals surface area contributed by atoms with Crippen molar-refractivity contribution in [3.63, 3.8) is 0 Å². The fourth-order valence-electron chi connectivity index (χ4n) is 2.02. The summed E-state index contributed by atoms with van der Waals surface area (Å²) >= 11 is 11.4. The van der Waals surface area contributed by atoms with Crippen molar-refractivity contribution in [1.29, 1.82) is 0 Å². The van der Waals surface area contributed by atoms with E-state index in [1.807, 2.05) is 6.92 Å². The minimum absolute atomic E-state index is 0.129. The predicted octanol–water partition coefficient (Wildman–Crippen LogP) is 3.43. The third-order valence-electron chi connectivity index (χ3n) is 2.92. The monoisotopic (exact) mass is 275 g/mol. The molecule has 0 aromatic rings. The van der Waals surface area contributed by atoms with Crippen molar-refractivity contribution >= 4 is 28.8 Å². The number of ether oxygens (including phenoxy) is 1. The van der Waals surface area contributed by atoms with Gasteiger partial charge in [-0.15, -0.1) is 11.6 Å². The van der Waals surface area contributed by atoms with Gasteiger partial charge in [0.15, 0.2) is 0 Å². The first-order valence-corrected chi connectivity index (χ1v) is 6.99. The highest BCUT2D eigenvalue weighted by molar-refractivity contribution is 7.80. The lowest BCUT2D eigenvalue weighted by Crippen LogP contribution is -2.43. The van der Waals surface area contributed by atoms with E-state index in [9.17, 15) is 0 Å². The second-order valence-electron chi connectivity index (χ2n) is 4.88. The SMILES string of the molecule is CC(=S)NC1CCC(Cl)C(OCC=C(C)C)C1. The Hall–Kier alpha value is -0.120. The molecule has 17 heavy (non-hydrogen) atoms. The molecule has 1 rings (SSSR count). The van der Waals surface area contributed by atoms with Gasteiger partial charge in [-0.05, 0) is 40.0 Å². The van der Waals surface area contributed by atoms with Crippen LogP contribution in [0.3, 0.4) is 0 Å². The van der Waals surface area contributed by atoms with Gasteiger partial charge in [-0.25, -0.2) is 0 Å². The maximum atomic E-state index is 6.29. The van der Waals surface area contributed by atoms with Gasteiger partial charge < -0.3 is 10.1 Å². The molecule has 0 aromatic carbocycles. The Morgan fingerprint density at radius 2 is 2.12 bits per heavy atom. The molecule has 0 amide bonds. The van der Waals surface area contributed by atoms with Crippen molar-refractivity contribution in [2.45, 2.75) is 57.6 Å². The summed E-state index contributed by atoms with van der Waals surface area (Å²) < 4.78 is 5.83. The molecule has 0 aliphatic heterocycles. The van der Waals surface area contributed by atoms with Crippen molar-refractivity contribution < 1.29 is 4.74 Å². The number of allylic oxidation sites excluding steroid dienone is 1. The van der Waals surface area contributed by atoms with Crippen molar-refractivity contribution in [2.24, 2.45) is 0 Å². The van der Waals surface area contributed by atoms with E-state index < -0.39 is 0 Å². The summed E-state index contributed by atoms with van der Waals surface area (Å²) in [6.45, 7) is 6.71. The first-order chi connectivity index (χ1) is 7.99. The van der Waals surface area contributed by atoms with Crippen LogP contribution in [0, 0.1) is 0 Å². The molecule has 1 fully saturated rings. The molecule has 3 atom stereocenters. The molecule has 0 bridgehead atoms. The number of alkyl halides is 1. The first kappa shape index (κ1) is 14.9. The van der Waals surface area contributed by atoms with Crippen LogP contribution in [0.5, 0.6) is 0 Å². The van der Waals surface area contributed by atoms with Crippen molar-refractivity contribution in [3.05, 3.63) is 11.6 Å². The van der Waals surface area contributed by atoms with Gasteiger partial charge in [0.25, 0.3) is 0 Å². The average Bonchev–Trinajstić information content (AvgIpc) is 2.21. The summed E-state index contributed by atoms with van der Waals surface area (Å²) in [6.07, 6.45) is 5.23. The molecule has 1 N–H and O–H groups in total. The molecule has 0 aromatic heterocycles. The third-order valence-corrected chi connectivity index (χ3v) is 3.54. The molecule has 2 nitrogen and oxygen atoms in total. The quantitative estimate of drug-likeness (QED) is 0.482. The first-order valence-electron chi connectivity index (χ1n) is 6.15. The van der Waals surface area contributed by atoms with Gasteiger partial charge in [0.1, 0.15) is 0 Å². The molecule has 4 heteroatoms. The van der Waals surface area contributed by atoms with Gasteiger partial charge in [-0.1, -0.05) is 23.9 Å². The number of nitrogens with one attached hydrogen (secondary N) is 1. The molecule has 1 aliphatic rings. The van der Waals surface area contributed by atoms with Crippen LogP contribution in [0.25, 0.3) is 0 Å². The van der Waals surface area contributed by atoms with E-state index in [0.29, 0.717) is 12.6 Å². The lowest BCUT2D eigenvalue weighted by atomic mass is 9.92. The Kier molecular flexibility index (Phi) is 6.45. The van der Waals surface area contributed by atoms with Crippen molar-refractivity contribution in [2.75, 3.05) is 6.61 Å². The summed E-state index contributed by atoms with van der Waals surface area (Å²) in [6, 6.07) is 0.416. The standard InChI is InChI=1S/C13H22ClNOS/c1-9(2)6-7-16-13-8-11(15-10(3)17)4-5-12(13)14/h6,11-13H,4-5,7-8H2,1-3H3,(H,15,17). The van der Waals surface area contributed by atoms with Gasteiger partial charge in [-0.2, -0.15) is 0 Å². The summed E-state index contributed by atoms with van der Waals surface area (Å²) in [4.78, 5) is 0.853. The van der Waals surface area contributed by atoms with Crippen LogP contribution in [0.2, 0.25) is 0 Å². The molecule has 0 spiro atoms. The van der Waals surface area contributed by atoms with E-state index in [-0.39, 0.29) is 11.5 Å². The summed E-state index contributed by atoms with van der Waals surface area (Å²) in [5.74, 6) is 0. The van der Waals surface area contributed by atoms with Gasteiger partial charge in [0.05, 0.1) is 23.1 Å². The zero-order chi connectivity index (χ0) is 12.8. The van der Waals surface area contributed by atoms with Crippen molar-refractivity contribution in [1.82, 2.24) is 5.32 Å². The summed E-state index contributed by atoms with van der Waals surface area (Å²) in [5.41, 5.74) is 1.27. The number of halogens is 1. The predicted molar refractivity (Wildman–Crippen MR) is 77.9 cm³/mol. The smallest absolute Gasteiger partial charge is 0.0762 e. The van der Waals surface area contributed by atoms with E-state index >= 15 is 0 Å². The lowest BCUT2D eigenvalue weighted by molar-refractivity contribution is 0.0418. The summed E-state index contributed by atoms with van der Waals surface area (Å²) in [5, 5.41) is 3.44. The zero-order valence-electron chi connectivity index (χ0n) is 10.8. The fraction of sp³-hybridized carbons (Fsp3) is 0.769. The van der Waals surface area contributed by atoms with E-state index in [1.54, 1.807) is 0 Å². The second kappa shape index (κ2) is 7.34. The third kappa shape index (κ3) is 5.84. The van der Waals surface area contributed by atoms with E-state index in [1.165, 1.54) is 5.57 Å². The highest BCUT2D eigenvalue weighted by atomic mass is 35.5. The molecular formula is C13H22ClNOS. The largest absolute Gasteiger partial charge is 0.377 e. The Balaban J connectivity index is 2.40. The molecule has 0 heterocycles. The number of hydrogen-bond donors (Lipinski definition) is 1. The highest BCUT2D eigenvalue weighted by Crippen LogP contribution is 2.26. The number of hydrogen-bond acceptors (Lipinski definition) is 2. The van der Waals surface area contributed by atoms with Crippen LogP contribution < -0.4 is 5.32 Å². The Morgan fingerprint density at radius 1 is 1.41 bits per heavy atom. The highest BCUT2D eigenvalue weighted by Gasteiger charge is 2.29. The molecule has 3 unspecified atom stereocenters. The van der Waals surface area contributed by atoms with E-state index in [0.717, 1.165) is 24.3 Å². The fourth-order valence-corrected chi connectivity index (χ4v) is 2.49. The van der Waals surface area contributed by atoms with Crippen LogP contribution in [0.1, 0.15) is 40.0 Å². The van der Waals surface area contributed by atoms with Crippen LogP contribution >= 0.6 is 23.8 Å². The van der Waals surface area contributed by atoms with Gasteiger partial charge >= 0.3 is 0 Å². The summed E-state index contributed by atoms with van der Waals surface area (Å²) in [7, 11) is 0. The van der Waals surface area contributed by atoms with Crippen LogP contribution in [-0.2, 0) is 4.74 Å². The molecule has 0 saturated heterocycles. The topological polar surface area (TPSA) is 21.3 Å². The minimum atomic E-state index is 0.129. The van der Waals surface area contributed by atoms with Crippen LogP contribution in [0.4, 0.5) is 0 Å². The number of thiocarbonyl (C=S) groups is 1. The van der Waals surface area contributed by atoms with Gasteiger partial charge in [0, 0.05) is 6.04 Å². The average molecular weight is 276 g/mol. The maximum absolute atomic E-state index is 6.29.